The van der Waals surface area contributed by atoms with Gasteiger partial charge in [0.2, 0.25) is 5.91 Å². The van der Waals surface area contributed by atoms with Crippen molar-refractivity contribution in [2.24, 2.45) is 0 Å². The number of carbonyl (C=O) groups is 2. The van der Waals surface area contributed by atoms with Crippen molar-refractivity contribution in [3.8, 4) is 0 Å². The number of likely N-dealkylation sites (N-methyl/N-ethyl adjacent to an activating group) is 1. The van der Waals surface area contributed by atoms with Gasteiger partial charge in [-0.25, -0.2) is 0 Å². The monoisotopic (exact) mass is 276 g/mol. The molecule has 0 saturated carbocycles. The van der Waals surface area contributed by atoms with Crippen molar-refractivity contribution in [2.75, 3.05) is 25.0 Å². The SMILES string of the molecule is CCN1CCO[C@H](CC(=O)Nc2ccccc2C)C1=O. The highest BCUT2D eigenvalue weighted by molar-refractivity contribution is 5.95. The highest BCUT2D eigenvalue weighted by Gasteiger charge is 2.30. The first-order valence-corrected chi connectivity index (χ1v) is 6.87. The van der Waals surface area contributed by atoms with E-state index >= 15 is 0 Å². The number of ether oxygens (including phenoxy) is 1. The van der Waals surface area contributed by atoms with E-state index in [0.29, 0.717) is 19.7 Å². The van der Waals surface area contributed by atoms with E-state index in [1.54, 1.807) is 4.90 Å². The van der Waals surface area contributed by atoms with Crippen LogP contribution in [0, 0.1) is 6.92 Å². The van der Waals surface area contributed by atoms with Gasteiger partial charge in [-0.2, -0.15) is 0 Å². The molecule has 0 aromatic heterocycles. The lowest BCUT2D eigenvalue weighted by molar-refractivity contribution is -0.154. The molecule has 1 aromatic carbocycles. The van der Waals surface area contributed by atoms with Gasteiger partial charge < -0.3 is 15.0 Å². The zero-order chi connectivity index (χ0) is 14.5. The van der Waals surface area contributed by atoms with Crippen LogP contribution < -0.4 is 5.32 Å². The zero-order valence-corrected chi connectivity index (χ0v) is 11.9. The number of aryl methyl sites for hydroxylation is 1. The van der Waals surface area contributed by atoms with Crippen LogP contribution in [0.15, 0.2) is 24.3 Å². The summed E-state index contributed by atoms with van der Waals surface area (Å²) in [4.78, 5) is 25.8. The van der Waals surface area contributed by atoms with E-state index < -0.39 is 6.10 Å². The zero-order valence-electron chi connectivity index (χ0n) is 11.9. The molecular weight excluding hydrogens is 256 g/mol. The number of nitrogens with zero attached hydrogens (tertiary/aromatic N) is 1. The fourth-order valence-electron chi connectivity index (χ4n) is 2.23. The topological polar surface area (TPSA) is 58.6 Å². The number of carbonyl (C=O) groups excluding carboxylic acids is 2. The summed E-state index contributed by atoms with van der Waals surface area (Å²) >= 11 is 0. The van der Waals surface area contributed by atoms with Gasteiger partial charge in [0.15, 0.2) is 0 Å². The van der Waals surface area contributed by atoms with Crippen LogP contribution in [0.4, 0.5) is 5.69 Å². The second kappa shape index (κ2) is 6.52. The average Bonchev–Trinajstić information content (AvgIpc) is 2.44. The van der Waals surface area contributed by atoms with Crippen molar-refractivity contribution in [3.63, 3.8) is 0 Å². The van der Waals surface area contributed by atoms with Crippen LogP contribution in [0.1, 0.15) is 18.9 Å². The third kappa shape index (κ3) is 3.36. The van der Waals surface area contributed by atoms with Crippen LogP contribution in [0.2, 0.25) is 0 Å². The van der Waals surface area contributed by atoms with Gasteiger partial charge in [-0.05, 0) is 25.5 Å². The number of rotatable bonds is 4. The lowest BCUT2D eigenvalue weighted by atomic mass is 10.1. The summed E-state index contributed by atoms with van der Waals surface area (Å²) in [6.45, 7) is 5.59. The maximum atomic E-state index is 12.0. The van der Waals surface area contributed by atoms with Crippen molar-refractivity contribution >= 4 is 17.5 Å². The summed E-state index contributed by atoms with van der Waals surface area (Å²) in [7, 11) is 0. The molecule has 1 aromatic rings. The Hall–Kier alpha value is -1.88. The number of morpholine rings is 1. The van der Waals surface area contributed by atoms with Gasteiger partial charge in [0.1, 0.15) is 6.10 Å². The molecule has 1 aliphatic heterocycles. The van der Waals surface area contributed by atoms with Gasteiger partial charge in [-0.15, -0.1) is 0 Å². The number of hydrogen-bond acceptors (Lipinski definition) is 3. The first-order chi connectivity index (χ1) is 9.61. The molecular formula is C15H20N2O3. The van der Waals surface area contributed by atoms with E-state index in [-0.39, 0.29) is 18.2 Å². The van der Waals surface area contributed by atoms with Crippen LogP contribution in [0.3, 0.4) is 0 Å². The molecule has 1 atom stereocenters. The molecule has 5 nitrogen and oxygen atoms in total. The molecule has 0 aliphatic carbocycles. The van der Waals surface area contributed by atoms with Crippen LogP contribution in [-0.2, 0) is 14.3 Å². The average molecular weight is 276 g/mol. The van der Waals surface area contributed by atoms with E-state index in [9.17, 15) is 9.59 Å². The summed E-state index contributed by atoms with van der Waals surface area (Å²) in [5.41, 5.74) is 1.76. The third-order valence-electron chi connectivity index (χ3n) is 3.44. The number of benzene rings is 1. The minimum atomic E-state index is -0.660. The Morgan fingerprint density at radius 1 is 1.45 bits per heavy atom. The molecule has 1 N–H and O–H groups in total. The van der Waals surface area contributed by atoms with E-state index in [1.807, 2.05) is 38.1 Å². The molecule has 1 aliphatic rings. The van der Waals surface area contributed by atoms with E-state index in [2.05, 4.69) is 5.32 Å². The fraction of sp³-hybridized carbons (Fsp3) is 0.467. The minimum Gasteiger partial charge on any atom is -0.366 e. The Morgan fingerprint density at radius 2 is 2.20 bits per heavy atom. The fourth-order valence-corrected chi connectivity index (χ4v) is 2.23. The number of anilines is 1. The van der Waals surface area contributed by atoms with E-state index in [4.69, 9.17) is 4.74 Å². The highest BCUT2D eigenvalue weighted by atomic mass is 16.5. The molecule has 2 amide bonds. The van der Waals surface area contributed by atoms with Crippen molar-refractivity contribution in [1.82, 2.24) is 4.90 Å². The van der Waals surface area contributed by atoms with Gasteiger partial charge in [0.05, 0.1) is 13.0 Å². The summed E-state index contributed by atoms with van der Waals surface area (Å²) in [6.07, 6.45) is -0.600. The molecule has 2 rings (SSSR count). The van der Waals surface area contributed by atoms with Gasteiger partial charge in [0, 0.05) is 18.8 Å². The number of hydrogen-bond donors (Lipinski definition) is 1. The molecule has 1 heterocycles. The summed E-state index contributed by atoms with van der Waals surface area (Å²) < 4.78 is 5.41. The number of para-hydroxylation sites is 1. The van der Waals surface area contributed by atoms with Crippen molar-refractivity contribution in [1.29, 1.82) is 0 Å². The second-order valence-electron chi connectivity index (χ2n) is 4.84. The normalized spacial score (nSPS) is 19.0. The maximum Gasteiger partial charge on any atom is 0.252 e. The standard InChI is InChI=1S/C15H20N2O3/c1-3-17-8-9-20-13(15(17)19)10-14(18)16-12-7-5-4-6-11(12)2/h4-7,13H,3,8-10H2,1-2H3,(H,16,18)/t13-/m1/s1. The Balaban J connectivity index is 1.94. The quantitative estimate of drug-likeness (QED) is 0.908. The first kappa shape index (κ1) is 14.5. The van der Waals surface area contributed by atoms with Crippen molar-refractivity contribution in [3.05, 3.63) is 29.8 Å². The Morgan fingerprint density at radius 3 is 2.90 bits per heavy atom. The predicted molar refractivity (Wildman–Crippen MR) is 76.4 cm³/mol. The molecule has 1 saturated heterocycles. The van der Waals surface area contributed by atoms with Gasteiger partial charge in [0.25, 0.3) is 5.91 Å². The molecule has 0 unspecified atom stereocenters. The van der Waals surface area contributed by atoms with Gasteiger partial charge >= 0.3 is 0 Å². The maximum absolute atomic E-state index is 12.0. The molecule has 1 fully saturated rings. The van der Waals surface area contributed by atoms with Crippen molar-refractivity contribution < 1.29 is 14.3 Å². The lowest BCUT2D eigenvalue weighted by Crippen LogP contribution is -2.48. The Labute approximate surface area is 118 Å². The summed E-state index contributed by atoms with van der Waals surface area (Å²) in [5.74, 6) is -0.297. The third-order valence-corrected chi connectivity index (χ3v) is 3.44. The smallest absolute Gasteiger partial charge is 0.252 e. The van der Waals surface area contributed by atoms with Crippen LogP contribution in [-0.4, -0.2) is 42.5 Å². The van der Waals surface area contributed by atoms with E-state index in [0.717, 1.165) is 11.3 Å². The molecule has 5 heteroatoms. The number of nitrogens with one attached hydrogen (secondary N) is 1. The van der Waals surface area contributed by atoms with Crippen LogP contribution in [0.5, 0.6) is 0 Å². The molecule has 0 spiro atoms. The van der Waals surface area contributed by atoms with Crippen LogP contribution >= 0.6 is 0 Å². The lowest BCUT2D eigenvalue weighted by Gasteiger charge is -2.31. The molecule has 20 heavy (non-hydrogen) atoms. The molecule has 0 bridgehead atoms. The Kier molecular flexibility index (Phi) is 4.74. The molecule has 108 valence electrons. The largest absolute Gasteiger partial charge is 0.366 e. The summed E-state index contributed by atoms with van der Waals surface area (Å²) in [6, 6.07) is 7.55. The van der Waals surface area contributed by atoms with E-state index in [1.165, 1.54) is 0 Å². The Bertz CT molecular complexity index is 502. The van der Waals surface area contributed by atoms with Crippen LogP contribution in [0.25, 0.3) is 0 Å². The second-order valence-corrected chi connectivity index (χ2v) is 4.84. The predicted octanol–water partition coefficient (Wildman–Crippen LogP) is 1.57. The first-order valence-electron chi connectivity index (χ1n) is 6.87. The number of amides is 2. The minimum absolute atomic E-state index is 0.0592. The van der Waals surface area contributed by atoms with Gasteiger partial charge in [-0.3, -0.25) is 9.59 Å². The molecule has 0 radical (unpaired) electrons. The highest BCUT2D eigenvalue weighted by Crippen LogP contribution is 2.15. The van der Waals surface area contributed by atoms with Gasteiger partial charge in [-0.1, -0.05) is 18.2 Å². The summed E-state index contributed by atoms with van der Waals surface area (Å²) in [5, 5.41) is 2.82. The van der Waals surface area contributed by atoms with Crippen molar-refractivity contribution in [2.45, 2.75) is 26.4 Å².